The predicted octanol–water partition coefficient (Wildman–Crippen LogP) is 2.45. The van der Waals surface area contributed by atoms with Crippen LogP contribution in [0.1, 0.15) is 53.3 Å². The molecule has 0 bridgehead atoms. The number of hydrogen-bond acceptors (Lipinski definition) is 5. The Balaban J connectivity index is 1.36. The van der Waals surface area contributed by atoms with Crippen LogP contribution in [0.15, 0.2) is 36.7 Å². The van der Waals surface area contributed by atoms with E-state index in [2.05, 4.69) is 10.4 Å². The van der Waals surface area contributed by atoms with Crippen LogP contribution >= 0.6 is 0 Å². The largest absolute Gasteiger partial charge is 0.494 e. The number of ketones is 1. The fourth-order valence-electron chi connectivity index (χ4n) is 3.69. The molecule has 1 saturated heterocycles. The Kier molecular flexibility index (Phi) is 7.81. The molecule has 8 heteroatoms. The van der Waals surface area contributed by atoms with Crippen molar-refractivity contribution < 1.29 is 19.1 Å². The minimum absolute atomic E-state index is 0.0112. The molecule has 0 atom stereocenters. The molecule has 0 saturated carbocycles. The van der Waals surface area contributed by atoms with Crippen LogP contribution in [0, 0.1) is 5.92 Å². The Morgan fingerprint density at radius 2 is 1.81 bits per heavy atom. The molecular formula is C23H30N4O4. The number of nitrogens with zero attached hydrogens (tertiary/aromatic N) is 3. The first kappa shape index (κ1) is 22.5. The molecule has 1 aliphatic heterocycles. The van der Waals surface area contributed by atoms with Crippen LogP contribution in [0.4, 0.5) is 0 Å². The van der Waals surface area contributed by atoms with Gasteiger partial charge in [0.25, 0.3) is 5.91 Å². The summed E-state index contributed by atoms with van der Waals surface area (Å²) in [6.07, 6.45) is 5.33. The van der Waals surface area contributed by atoms with Gasteiger partial charge in [0.2, 0.25) is 5.91 Å². The second-order valence-corrected chi connectivity index (χ2v) is 7.82. The number of Topliss-reactive ketones (excluding diaryl/α,β-unsaturated/α-hetero) is 1. The van der Waals surface area contributed by atoms with Gasteiger partial charge in [-0.1, -0.05) is 0 Å². The van der Waals surface area contributed by atoms with Gasteiger partial charge in [-0.25, -0.2) is 0 Å². The summed E-state index contributed by atoms with van der Waals surface area (Å²) in [6, 6.07) is 7.03. The quantitative estimate of drug-likeness (QED) is 0.622. The molecule has 1 aromatic heterocycles. The summed E-state index contributed by atoms with van der Waals surface area (Å²) in [5, 5.41) is 6.95. The number of rotatable bonds is 9. The van der Waals surface area contributed by atoms with E-state index < -0.39 is 0 Å². The first-order chi connectivity index (χ1) is 15.0. The van der Waals surface area contributed by atoms with Crippen molar-refractivity contribution in [3.63, 3.8) is 0 Å². The summed E-state index contributed by atoms with van der Waals surface area (Å²) >= 11 is 0. The molecule has 3 rings (SSSR count). The Labute approximate surface area is 182 Å². The van der Waals surface area contributed by atoms with Gasteiger partial charge < -0.3 is 15.0 Å². The number of ether oxygens (including phenoxy) is 1. The third-order valence-corrected chi connectivity index (χ3v) is 5.54. The second kappa shape index (κ2) is 10.7. The monoisotopic (exact) mass is 426 g/mol. The second-order valence-electron chi connectivity index (χ2n) is 7.82. The Bertz CT molecular complexity index is 899. The number of carbonyl (C=O) groups excluding carboxylic acids is 3. The Hall–Kier alpha value is -3.16. The number of hydrogen-bond donors (Lipinski definition) is 1. The van der Waals surface area contributed by atoms with Crippen molar-refractivity contribution in [2.24, 2.45) is 13.0 Å². The maximum absolute atomic E-state index is 12.5. The number of aromatic nitrogens is 2. The minimum atomic E-state index is -0.126. The molecule has 0 spiro atoms. The van der Waals surface area contributed by atoms with E-state index >= 15 is 0 Å². The number of nitrogens with one attached hydrogen (secondary N) is 1. The lowest BCUT2D eigenvalue weighted by atomic mass is 9.96. The zero-order valence-corrected chi connectivity index (χ0v) is 18.2. The highest BCUT2D eigenvalue weighted by molar-refractivity contribution is 5.98. The maximum Gasteiger partial charge on any atom is 0.254 e. The van der Waals surface area contributed by atoms with Crippen molar-refractivity contribution in [3.8, 4) is 5.75 Å². The number of likely N-dealkylation sites (tertiary alicyclic amines) is 1. The normalized spacial score (nSPS) is 14.3. The molecule has 166 valence electrons. The SMILES string of the molecule is CCOc1ccc(C(=O)CCC(=O)N2CCC(CNC(=O)c3cnn(C)c3)CC2)cc1. The van der Waals surface area contributed by atoms with Crippen molar-refractivity contribution in [2.45, 2.75) is 32.6 Å². The van der Waals surface area contributed by atoms with Gasteiger partial charge in [0.1, 0.15) is 5.75 Å². The van der Waals surface area contributed by atoms with E-state index in [1.165, 1.54) is 0 Å². The zero-order chi connectivity index (χ0) is 22.2. The molecule has 0 unspecified atom stereocenters. The van der Waals surface area contributed by atoms with Gasteiger partial charge in [-0.15, -0.1) is 0 Å². The van der Waals surface area contributed by atoms with E-state index in [0.29, 0.717) is 43.3 Å². The van der Waals surface area contributed by atoms with Gasteiger partial charge in [0.15, 0.2) is 5.78 Å². The molecular weight excluding hydrogens is 396 g/mol. The number of carbonyl (C=O) groups is 3. The molecule has 1 N–H and O–H groups in total. The van der Waals surface area contributed by atoms with Gasteiger partial charge in [0, 0.05) is 51.3 Å². The molecule has 2 amide bonds. The topological polar surface area (TPSA) is 93.5 Å². The highest BCUT2D eigenvalue weighted by atomic mass is 16.5. The van der Waals surface area contributed by atoms with Gasteiger partial charge in [-0.2, -0.15) is 5.10 Å². The molecule has 1 aliphatic rings. The lowest BCUT2D eigenvalue weighted by Crippen LogP contribution is -2.41. The van der Waals surface area contributed by atoms with Crippen molar-refractivity contribution in [1.29, 1.82) is 0 Å². The average Bonchev–Trinajstić information content (AvgIpc) is 3.23. The number of aryl methyl sites for hydroxylation is 1. The van der Waals surface area contributed by atoms with Crippen LogP contribution in [0.25, 0.3) is 0 Å². The zero-order valence-electron chi connectivity index (χ0n) is 18.2. The summed E-state index contributed by atoms with van der Waals surface area (Å²) < 4.78 is 6.98. The first-order valence-corrected chi connectivity index (χ1v) is 10.8. The highest BCUT2D eigenvalue weighted by Gasteiger charge is 2.23. The van der Waals surface area contributed by atoms with Crippen molar-refractivity contribution in [2.75, 3.05) is 26.2 Å². The van der Waals surface area contributed by atoms with Crippen LogP contribution in [0.5, 0.6) is 5.75 Å². The molecule has 1 fully saturated rings. The summed E-state index contributed by atoms with van der Waals surface area (Å²) in [7, 11) is 1.77. The number of piperidine rings is 1. The lowest BCUT2D eigenvalue weighted by molar-refractivity contribution is -0.132. The number of benzene rings is 1. The van der Waals surface area contributed by atoms with Crippen LogP contribution in [-0.4, -0.2) is 58.5 Å². The molecule has 31 heavy (non-hydrogen) atoms. The lowest BCUT2D eigenvalue weighted by Gasteiger charge is -2.32. The van der Waals surface area contributed by atoms with E-state index in [1.54, 1.807) is 48.4 Å². The van der Waals surface area contributed by atoms with Crippen molar-refractivity contribution >= 4 is 17.6 Å². The van der Waals surface area contributed by atoms with E-state index in [-0.39, 0.29) is 30.4 Å². The van der Waals surface area contributed by atoms with Crippen molar-refractivity contribution in [1.82, 2.24) is 20.0 Å². The van der Waals surface area contributed by atoms with Gasteiger partial charge >= 0.3 is 0 Å². The molecule has 8 nitrogen and oxygen atoms in total. The molecule has 0 radical (unpaired) electrons. The van der Waals surface area contributed by atoms with Gasteiger partial charge in [-0.05, 0) is 49.9 Å². The van der Waals surface area contributed by atoms with Crippen molar-refractivity contribution in [3.05, 3.63) is 47.8 Å². The van der Waals surface area contributed by atoms with Gasteiger partial charge in [-0.3, -0.25) is 19.1 Å². The number of amides is 2. The molecule has 0 aliphatic carbocycles. The third-order valence-electron chi connectivity index (χ3n) is 5.54. The average molecular weight is 427 g/mol. The smallest absolute Gasteiger partial charge is 0.254 e. The molecule has 1 aromatic carbocycles. The van der Waals surface area contributed by atoms with E-state index in [4.69, 9.17) is 4.74 Å². The summed E-state index contributed by atoms with van der Waals surface area (Å²) in [5.74, 6) is 0.922. The van der Waals surface area contributed by atoms with Crippen LogP contribution in [0.2, 0.25) is 0 Å². The molecule has 2 aromatic rings. The molecule has 2 heterocycles. The summed E-state index contributed by atoms with van der Waals surface area (Å²) in [6.45, 7) is 4.39. The summed E-state index contributed by atoms with van der Waals surface area (Å²) in [5.41, 5.74) is 1.15. The summed E-state index contributed by atoms with van der Waals surface area (Å²) in [4.78, 5) is 38.8. The van der Waals surface area contributed by atoms with E-state index in [0.717, 1.165) is 18.6 Å². The standard InChI is InChI=1S/C23H30N4O4/c1-3-31-20-6-4-18(5-7-20)21(28)8-9-22(29)27-12-10-17(11-13-27)14-24-23(30)19-15-25-26(2)16-19/h4-7,15-17H,3,8-14H2,1-2H3,(H,24,30). The maximum atomic E-state index is 12.5. The van der Waals surface area contributed by atoms with Crippen LogP contribution in [-0.2, 0) is 11.8 Å². The van der Waals surface area contributed by atoms with Gasteiger partial charge in [0.05, 0.1) is 18.4 Å². The van der Waals surface area contributed by atoms with E-state index in [1.807, 2.05) is 11.8 Å². The minimum Gasteiger partial charge on any atom is -0.494 e. The Morgan fingerprint density at radius 1 is 1.10 bits per heavy atom. The third kappa shape index (κ3) is 6.41. The highest BCUT2D eigenvalue weighted by Crippen LogP contribution is 2.19. The fourth-order valence-corrected chi connectivity index (χ4v) is 3.69. The van der Waals surface area contributed by atoms with Crippen LogP contribution in [0.3, 0.4) is 0 Å². The fraction of sp³-hybridized carbons (Fsp3) is 0.478. The first-order valence-electron chi connectivity index (χ1n) is 10.8. The Morgan fingerprint density at radius 3 is 2.42 bits per heavy atom. The van der Waals surface area contributed by atoms with Crippen LogP contribution < -0.4 is 10.1 Å². The van der Waals surface area contributed by atoms with E-state index in [9.17, 15) is 14.4 Å². The predicted molar refractivity (Wildman–Crippen MR) is 116 cm³/mol.